The van der Waals surface area contributed by atoms with Gasteiger partial charge in [0.25, 0.3) is 0 Å². The van der Waals surface area contributed by atoms with E-state index in [0.29, 0.717) is 12.5 Å². The molecule has 0 aliphatic carbocycles. The van der Waals surface area contributed by atoms with Crippen LogP contribution in [0.1, 0.15) is 11.9 Å². The molecule has 2 aromatic heterocycles. The van der Waals surface area contributed by atoms with Gasteiger partial charge in [0.2, 0.25) is 5.95 Å². The molecule has 0 radical (unpaired) electrons. The lowest BCUT2D eigenvalue weighted by Gasteiger charge is -2.10. The summed E-state index contributed by atoms with van der Waals surface area (Å²) in [5.74, 6) is 1.48. The Balaban J connectivity index is 1.94. The Kier molecular flexibility index (Phi) is 3.73. The molecule has 0 aliphatic heterocycles. The largest absolute Gasteiger partial charge is 0.363 e. The first-order valence-corrected chi connectivity index (χ1v) is 7.37. The molecule has 0 bridgehead atoms. The molecule has 0 atom stereocenters. The van der Waals surface area contributed by atoms with Crippen molar-refractivity contribution in [3.8, 4) is 0 Å². The highest BCUT2D eigenvalue weighted by Crippen LogP contribution is 2.22. The summed E-state index contributed by atoms with van der Waals surface area (Å²) in [5.41, 5.74) is 0.931. The lowest BCUT2D eigenvalue weighted by Crippen LogP contribution is -2.07. The number of rotatable bonds is 5. The number of nitrogens with one attached hydrogen (secondary N) is 2. The highest BCUT2D eigenvalue weighted by atomic mass is 32.1. The van der Waals surface area contributed by atoms with Gasteiger partial charge in [-0.15, -0.1) is 11.3 Å². The molecule has 1 aromatic carbocycles. The van der Waals surface area contributed by atoms with Crippen LogP contribution in [0.4, 0.5) is 11.8 Å². The number of benzene rings is 1. The molecule has 0 saturated heterocycles. The molecule has 6 heteroatoms. The van der Waals surface area contributed by atoms with Crippen LogP contribution in [0.5, 0.6) is 0 Å². The van der Waals surface area contributed by atoms with E-state index in [1.165, 1.54) is 0 Å². The molecule has 2 heterocycles. The smallest absolute Gasteiger partial charge is 0.225 e. The second-order valence-electron chi connectivity index (χ2n) is 4.22. The second-order valence-corrected chi connectivity index (χ2v) is 5.20. The van der Waals surface area contributed by atoms with Crippen LogP contribution in [0.2, 0.25) is 0 Å². The highest BCUT2D eigenvalue weighted by molar-refractivity contribution is 7.09. The molecule has 20 heavy (non-hydrogen) atoms. The monoisotopic (exact) mass is 285 g/mol. The standard InChI is InChI=1S/C14H15N5S/c1-2-15-14-18-11-6-4-3-5-10(11)13(19-14)17-9-12-16-7-8-20-12/h3-8H,2,9H2,1H3,(H2,15,17,18,19). The first-order valence-electron chi connectivity index (χ1n) is 6.49. The molecule has 0 saturated carbocycles. The minimum atomic E-state index is 0.646. The summed E-state index contributed by atoms with van der Waals surface area (Å²) in [6.45, 7) is 3.50. The fourth-order valence-electron chi connectivity index (χ4n) is 1.95. The average Bonchev–Trinajstić information content (AvgIpc) is 2.98. The van der Waals surface area contributed by atoms with E-state index >= 15 is 0 Å². The summed E-state index contributed by atoms with van der Waals surface area (Å²) in [6.07, 6.45) is 1.81. The van der Waals surface area contributed by atoms with Crippen molar-refractivity contribution in [3.05, 3.63) is 40.8 Å². The topological polar surface area (TPSA) is 62.7 Å². The van der Waals surface area contributed by atoms with E-state index in [0.717, 1.165) is 28.3 Å². The van der Waals surface area contributed by atoms with Gasteiger partial charge in [-0.1, -0.05) is 12.1 Å². The number of nitrogens with zero attached hydrogens (tertiary/aromatic N) is 3. The van der Waals surface area contributed by atoms with E-state index in [2.05, 4.69) is 25.6 Å². The van der Waals surface area contributed by atoms with Crippen molar-refractivity contribution in [1.82, 2.24) is 15.0 Å². The fourth-order valence-corrected chi connectivity index (χ4v) is 2.50. The van der Waals surface area contributed by atoms with Crippen LogP contribution in [0.3, 0.4) is 0 Å². The molecular weight excluding hydrogens is 270 g/mol. The zero-order chi connectivity index (χ0) is 13.8. The number of para-hydroxylation sites is 1. The zero-order valence-corrected chi connectivity index (χ0v) is 11.9. The van der Waals surface area contributed by atoms with E-state index < -0.39 is 0 Å². The third kappa shape index (κ3) is 2.70. The molecule has 0 fully saturated rings. The summed E-state index contributed by atoms with van der Waals surface area (Å²) in [4.78, 5) is 13.3. The van der Waals surface area contributed by atoms with Crippen LogP contribution < -0.4 is 10.6 Å². The number of anilines is 2. The number of thiazole rings is 1. The Morgan fingerprint density at radius 2 is 2.05 bits per heavy atom. The van der Waals surface area contributed by atoms with Crippen molar-refractivity contribution in [2.45, 2.75) is 13.5 Å². The predicted octanol–water partition coefficient (Wildman–Crippen LogP) is 3.13. The van der Waals surface area contributed by atoms with Crippen molar-refractivity contribution >= 4 is 34.0 Å². The van der Waals surface area contributed by atoms with Crippen molar-refractivity contribution in [2.75, 3.05) is 17.2 Å². The van der Waals surface area contributed by atoms with E-state index in [1.807, 2.05) is 42.8 Å². The molecule has 0 unspecified atom stereocenters. The van der Waals surface area contributed by atoms with Crippen LogP contribution in [0.25, 0.3) is 10.9 Å². The summed E-state index contributed by atoms with van der Waals surface area (Å²) in [5, 5.41) is 10.5. The molecule has 0 aliphatic rings. The molecular formula is C14H15N5S. The lowest BCUT2D eigenvalue weighted by molar-refractivity contribution is 1.06. The number of hydrogen-bond acceptors (Lipinski definition) is 6. The first-order chi connectivity index (χ1) is 9.86. The van der Waals surface area contributed by atoms with Crippen molar-refractivity contribution in [2.24, 2.45) is 0 Å². The maximum Gasteiger partial charge on any atom is 0.225 e. The van der Waals surface area contributed by atoms with Gasteiger partial charge < -0.3 is 10.6 Å². The van der Waals surface area contributed by atoms with E-state index in [-0.39, 0.29) is 0 Å². The molecule has 0 spiro atoms. The lowest BCUT2D eigenvalue weighted by atomic mass is 10.2. The van der Waals surface area contributed by atoms with Gasteiger partial charge in [0.1, 0.15) is 10.8 Å². The van der Waals surface area contributed by atoms with Crippen LogP contribution in [-0.2, 0) is 6.54 Å². The van der Waals surface area contributed by atoms with Crippen molar-refractivity contribution in [3.63, 3.8) is 0 Å². The van der Waals surface area contributed by atoms with E-state index in [1.54, 1.807) is 11.3 Å². The number of aromatic nitrogens is 3. The van der Waals surface area contributed by atoms with E-state index in [9.17, 15) is 0 Å². The van der Waals surface area contributed by atoms with Gasteiger partial charge in [-0.05, 0) is 19.1 Å². The highest BCUT2D eigenvalue weighted by Gasteiger charge is 2.07. The quantitative estimate of drug-likeness (QED) is 0.754. The Morgan fingerprint density at radius 3 is 2.85 bits per heavy atom. The summed E-state index contributed by atoms with van der Waals surface area (Å²) < 4.78 is 0. The Morgan fingerprint density at radius 1 is 1.15 bits per heavy atom. The molecule has 2 N–H and O–H groups in total. The van der Waals surface area contributed by atoms with Crippen molar-refractivity contribution in [1.29, 1.82) is 0 Å². The summed E-state index contributed by atoms with van der Waals surface area (Å²) in [6, 6.07) is 7.99. The van der Waals surface area contributed by atoms with Crippen LogP contribution >= 0.6 is 11.3 Å². The summed E-state index contributed by atoms with van der Waals surface area (Å²) in [7, 11) is 0. The molecule has 3 aromatic rings. The first kappa shape index (κ1) is 12.8. The van der Waals surface area contributed by atoms with Gasteiger partial charge in [0.05, 0.1) is 12.1 Å². The minimum Gasteiger partial charge on any atom is -0.363 e. The van der Waals surface area contributed by atoms with Gasteiger partial charge in [0, 0.05) is 23.5 Å². The normalized spacial score (nSPS) is 10.7. The van der Waals surface area contributed by atoms with Crippen LogP contribution in [0, 0.1) is 0 Å². The van der Waals surface area contributed by atoms with Crippen LogP contribution in [-0.4, -0.2) is 21.5 Å². The Hall–Kier alpha value is -2.21. The molecule has 5 nitrogen and oxygen atoms in total. The third-order valence-electron chi connectivity index (χ3n) is 2.83. The predicted molar refractivity (Wildman–Crippen MR) is 83.1 cm³/mol. The SMILES string of the molecule is CCNc1nc(NCc2nccs2)c2ccccc2n1. The van der Waals surface area contributed by atoms with Crippen LogP contribution in [0.15, 0.2) is 35.8 Å². The van der Waals surface area contributed by atoms with Gasteiger partial charge in [-0.25, -0.2) is 9.97 Å². The zero-order valence-electron chi connectivity index (χ0n) is 11.1. The maximum atomic E-state index is 4.53. The number of fused-ring (bicyclic) bond motifs is 1. The third-order valence-corrected chi connectivity index (χ3v) is 3.61. The molecule has 0 amide bonds. The van der Waals surface area contributed by atoms with Gasteiger partial charge in [-0.2, -0.15) is 4.98 Å². The minimum absolute atomic E-state index is 0.646. The maximum absolute atomic E-state index is 4.53. The van der Waals surface area contributed by atoms with Gasteiger partial charge in [-0.3, -0.25) is 0 Å². The van der Waals surface area contributed by atoms with Gasteiger partial charge in [0.15, 0.2) is 0 Å². The fraction of sp³-hybridized carbons (Fsp3) is 0.214. The van der Waals surface area contributed by atoms with E-state index in [4.69, 9.17) is 0 Å². The van der Waals surface area contributed by atoms with Crippen molar-refractivity contribution < 1.29 is 0 Å². The average molecular weight is 285 g/mol. The second kappa shape index (κ2) is 5.83. The molecule has 102 valence electrons. The summed E-state index contributed by atoms with van der Waals surface area (Å²) >= 11 is 1.63. The van der Waals surface area contributed by atoms with Gasteiger partial charge >= 0.3 is 0 Å². The number of hydrogen-bond donors (Lipinski definition) is 2. The Bertz CT molecular complexity index is 696. The Labute approximate surface area is 121 Å². The molecule has 3 rings (SSSR count).